The van der Waals surface area contributed by atoms with Gasteiger partial charge in [-0.1, -0.05) is 0 Å². The van der Waals surface area contributed by atoms with Crippen LogP contribution in [-0.2, 0) is 6.54 Å². The Morgan fingerprint density at radius 3 is 2.53 bits per heavy atom. The first-order chi connectivity index (χ1) is 9.06. The number of nitrogens with zero attached hydrogens (tertiary/aromatic N) is 3. The van der Waals surface area contributed by atoms with E-state index < -0.39 is 0 Å². The van der Waals surface area contributed by atoms with Gasteiger partial charge in [-0.25, -0.2) is 9.97 Å². The van der Waals surface area contributed by atoms with Crippen LogP contribution in [0.4, 0.5) is 5.95 Å². The van der Waals surface area contributed by atoms with E-state index in [2.05, 4.69) is 15.3 Å². The molecule has 100 valence electrons. The maximum atomic E-state index is 11.9. The van der Waals surface area contributed by atoms with Crippen molar-refractivity contribution in [2.75, 3.05) is 19.0 Å². The van der Waals surface area contributed by atoms with Crippen LogP contribution in [0, 0.1) is 6.92 Å². The predicted molar refractivity (Wildman–Crippen MR) is 71.0 cm³/mol. The molecular formula is C13H16N4O2. The van der Waals surface area contributed by atoms with Crippen molar-refractivity contribution in [3.8, 4) is 0 Å². The molecule has 0 aliphatic rings. The van der Waals surface area contributed by atoms with Crippen LogP contribution in [0.2, 0.25) is 0 Å². The van der Waals surface area contributed by atoms with Crippen molar-refractivity contribution in [1.82, 2.24) is 15.3 Å². The maximum absolute atomic E-state index is 11.9. The summed E-state index contributed by atoms with van der Waals surface area (Å²) in [5.74, 6) is 1.89. The summed E-state index contributed by atoms with van der Waals surface area (Å²) in [6, 6.07) is 3.69. The predicted octanol–water partition coefficient (Wildman–Crippen LogP) is 1.37. The average molecular weight is 260 g/mol. The van der Waals surface area contributed by atoms with Gasteiger partial charge in [0, 0.05) is 26.5 Å². The third kappa shape index (κ3) is 3.31. The lowest BCUT2D eigenvalue weighted by molar-refractivity contribution is 0.0947. The smallest absolute Gasteiger partial charge is 0.254 e. The van der Waals surface area contributed by atoms with Crippen molar-refractivity contribution >= 4 is 11.9 Å². The van der Waals surface area contributed by atoms with Gasteiger partial charge in [-0.3, -0.25) is 4.79 Å². The van der Waals surface area contributed by atoms with E-state index in [0.717, 1.165) is 11.5 Å². The standard InChI is InChI=1S/C13H16N4O2/c1-9-4-5-11(19-9)8-14-12(18)10-6-15-13(16-7-10)17(2)3/h4-7H,8H2,1-3H3,(H,14,18). The van der Waals surface area contributed by atoms with E-state index in [9.17, 15) is 4.79 Å². The third-order valence-corrected chi connectivity index (χ3v) is 2.52. The first kappa shape index (κ1) is 13.1. The van der Waals surface area contributed by atoms with E-state index in [4.69, 9.17) is 4.42 Å². The van der Waals surface area contributed by atoms with Crippen molar-refractivity contribution in [3.63, 3.8) is 0 Å². The number of nitrogens with one attached hydrogen (secondary N) is 1. The molecule has 2 heterocycles. The molecule has 0 aromatic carbocycles. The van der Waals surface area contributed by atoms with E-state index in [-0.39, 0.29) is 5.91 Å². The van der Waals surface area contributed by atoms with Gasteiger partial charge in [0.05, 0.1) is 12.1 Å². The lowest BCUT2D eigenvalue weighted by Gasteiger charge is -2.09. The lowest BCUT2D eigenvalue weighted by Crippen LogP contribution is -2.23. The number of hydrogen-bond acceptors (Lipinski definition) is 5. The van der Waals surface area contributed by atoms with Crippen LogP contribution in [-0.4, -0.2) is 30.0 Å². The van der Waals surface area contributed by atoms with Crippen molar-refractivity contribution in [3.05, 3.63) is 41.6 Å². The maximum Gasteiger partial charge on any atom is 0.254 e. The molecule has 0 atom stereocenters. The molecule has 0 spiro atoms. The second kappa shape index (κ2) is 5.51. The highest BCUT2D eigenvalue weighted by atomic mass is 16.3. The van der Waals surface area contributed by atoms with Crippen LogP contribution in [0.1, 0.15) is 21.9 Å². The van der Waals surface area contributed by atoms with Gasteiger partial charge in [0.2, 0.25) is 5.95 Å². The third-order valence-electron chi connectivity index (χ3n) is 2.52. The Bertz CT molecular complexity index is 560. The molecule has 2 aromatic rings. The van der Waals surface area contributed by atoms with Gasteiger partial charge in [0.15, 0.2) is 0 Å². The van der Waals surface area contributed by atoms with Crippen LogP contribution in [0.5, 0.6) is 0 Å². The summed E-state index contributed by atoms with van der Waals surface area (Å²) < 4.78 is 5.37. The molecule has 6 nitrogen and oxygen atoms in total. The highest BCUT2D eigenvalue weighted by Crippen LogP contribution is 2.07. The molecular weight excluding hydrogens is 244 g/mol. The number of carbonyl (C=O) groups is 1. The van der Waals surface area contributed by atoms with Gasteiger partial charge in [0.25, 0.3) is 5.91 Å². The number of aromatic nitrogens is 2. The Morgan fingerprint density at radius 1 is 1.32 bits per heavy atom. The Morgan fingerprint density at radius 2 is 2.00 bits per heavy atom. The zero-order chi connectivity index (χ0) is 13.8. The molecule has 19 heavy (non-hydrogen) atoms. The topological polar surface area (TPSA) is 71.3 Å². The normalized spacial score (nSPS) is 10.3. The van der Waals surface area contributed by atoms with Gasteiger partial charge < -0.3 is 14.6 Å². The highest BCUT2D eigenvalue weighted by Gasteiger charge is 2.08. The molecule has 0 aliphatic heterocycles. The summed E-state index contributed by atoms with van der Waals surface area (Å²) in [5.41, 5.74) is 0.425. The van der Waals surface area contributed by atoms with Gasteiger partial charge >= 0.3 is 0 Å². The minimum absolute atomic E-state index is 0.223. The first-order valence-electron chi connectivity index (χ1n) is 5.89. The quantitative estimate of drug-likeness (QED) is 0.899. The van der Waals surface area contributed by atoms with Crippen LogP contribution in [0.25, 0.3) is 0 Å². The number of rotatable bonds is 4. The Labute approximate surface area is 111 Å². The van der Waals surface area contributed by atoms with E-state index in [0.29, 0.717) is 18.1 Å². The monoisotopic (exact) mass is 260 g/mol. The molecule has 2 rings (SSSR count). The fourth-order valence-corrected chi connectivity index (χ4v) is 1.52. The molecule has 0 saturated carbocycles. The molecule has 0 radical (unpaired) electrons. The zero-order valence-corrected chi connectivity index (χ0v) is 11.2. The SMILES string of the molecule is Cc1ccc(CNC(=O)c2cnc(N(C)C)nc2)o1. The fraction of sp³-hybridized carbons (Fsp3) is 0.308. The number of anilines is 1. The van der Waals surface area contributed by atoms with Crippen LogP contribution < -0.4 is 10.2 Å². The molecule has 1 amide bonds. The molecule has 0 aliphatic carbocycles. The molecule has 0 unspecified atom stereocenters. The largest absolute Gasteiger partial charge is 0.465 e. The molecule has 0 fully saturated rings. The Balaban J connectivity index is 1.96. The average Bonchev–Trinajstić information content (AvgIpc) is 2.82. The zero-order valence-electron chi connectivity index (χ0n) is 11.2. The number of furan rings is 1. The summed E-state index contributed by atoms with van der Waals surface area (Å²) >= 11 is 0. The van der Waals surface area contributed by atoms with Crippen LogP contribution in [0.15, 0.2) is 28.9 Å². The van der Waals surface area contributed by atoms with Crippen molar-refractivity contribution in [2.45, 2.75) is 13.5 Å². The van der Waals surface area contributed by atoms with Crippen molar-refractivity contribution in [1.29, 1.82) is 0 Å². The summed E-state index contributed by atoms with van der Waals surface area (Å²) in [6.07, 6.45) is 3.01. The highest BCUT2D eigenvalue weighted by molar-refractivity contribution is 5.93. The summed E-state index contributed by atoms with van der Waals surface area (Å²) in [5, 5.41) is 2.75. The Kier molecular flexibility index (Phi) is 3.79. The molecule has 2 aromatic heterocycles. The lowest BCUT2D eigenvalue weighted by atomic mass is 10.3. The summed E-state index contributed by atoms with van der Waals surface area (Å²) in [4.78, 5) is 21.8. The minimum Gasteiger partial charge on any atom is -0.465 e. The summed E-state index contributed by atoms with van der Waals surface area (Å²) in [7, 11) is 3.68. The second-order valence-electron chi connectivity index (χ2n) is 4.36. The van der Waals surface area contributed by atoms with Gasteiger partial charge in [-0.2, -0.15) is 0 Å². The van der Waals surface area contributed by atoms with Crippen molar-refractivity contribution in [2.24, 2.45) is 0 Å². The number of carbonyl (C=O) groups excluding carboxylic acids is 1. The van der Waals surface area contributed by atoms with Crippen molar-refractivity contribution < 1.29 is 9.21 Å². The molecule has 0 bridgehead atoms. The number of hydrogen-bond donors (Lipinski definition) is 1. The van der Waals surface area contributed by atoms with E-state index in [1.54, 1.807) is 4.90 Å². The van der Waals surface area contributed by atoms with Gasteiger partial charge in [-0.15, -0.1) is 0 Å². The Hall–Kier alpha value is -2.37. The first-order valence-corrected chi connectivity index (χ1v) is 5.89. The van der Waals surface area contributed by atoms with E-state index in [1.165, 1.54) is 12.4 Å². The number of amides is 1. The second-order valence-corrected chi connectivity index (χ2v) is 4.36. The van der Waals surface area contributed by atoms with Crippen LogP contribution >= 0.6 is 0 Å². The van der Waals surface area contributed by atoms with Crippen LogP contribution in [0.3, 0.4) is 0 Å². The van der Waals surface area contributed by atoms with Gasteiger partial charge in [0.1, 0.15) is 11.5 Å². The molecule has 6 heteroatoms. The minimum atomic E-state index is -0.223. The molecule has 1 N–H and O–H groups in total. The summed E-state index contributed by atoms with van der Waals surface area (Å²) in [6.45, 7) is 2.21. The van der Waals surface area contributed by atoms with E-state index in [1.807, 2.05) is 33.2 Å². The fourth-order valence-electron chi connectivity index (χ4n) is 1.52. The molecule has 0 saturated heterocycles. The number of aryl methyl sites for hydroxylation is 1. The van der Waals surface area contributed by atoms with E-state index >= 15 is 0 Å². The van der Waals surface area contributed by atoms with Gasteiger partial charge in [-0.05, 0) is 19.1 Å².